The first kappa shape index (κ1) is 16.4. The molecule has 1 aromatic carbocycles. The Labute approximate surface area is 132 Å². The van der Waals surface area contributed by atoms with Gasteiger partial charge in [-0.25, -0.2) is 0 Å². The molecule has 21 heavy (non-hydrogen) atoms. The summed E-state index contributed by atoms with van der Waals surface area (Å²) in [6.07, 6.45) is 2.19. The second-order valence-electron chi connectivity index (χ2n) is 5.43. The average Bonchev–Trinajstić information content (AvgIpc) is 2.54. The van der Waals surface area contributed by atoms with Gasteiger partial charge < -0.3 is 5.32 Å². The zero-order valence-electron chi connectivity index (χ0n) is 13.0. The lowest BCUT2D eigenvalue weighted by molar-refractivity contribution is -0.127. The SMILES string of the molecule is CCN(CC)[C@H](C(=O)NC1CCSCC1)c1ccccc1. The summed E-state index contributed by atoms with van der Waals surface area (Å²) in [5.41, 5.74) is 1.09. The average molecular weight is 306 g/mol. The van der Waals surface area contributed by atoms with Gasteiger partial charge in [-0.3, -0.25) is 9.69 Å². The van der Waals surface area contributed by atoms with Crippen LogP contribution in [0.1, 0.15) is 38.3 Å². The summed E-state index contributed by atoms with van der Waals surface area (Å²) in [5.74, 6) is 2.47. The Kier molecular flexibility index (Phi) is 6.58. The smallest absolute Gasteiger partial charge is 0.242 e. The number of carbonyl (C=O) groups is 1. The molecule has 0 aromatic heterocycles. The van der Waals surface area contributed by atoms with Crippen molar-refractivity contribution >= 4 is 17.7 Å². The van der Waals surface area contributed by atoms with Crippen LogP contribution in [0.15, 0.2) is 30.3 Å². The monoisotopic (exact) mass is 306 g/mol. The minimum atomic E-state index is -0.171. The number of benzene rings is 1. The van der Waals surface area contributed by atoms with E-state index in [0.717, 1.165) is 43.0 Å². The number of amides is 1. The molecule has 2 rings (SSSR count). The Morgan fingerprint density at radius 1 is 1.24 bits per heavy atom. The van der Waals surface area contributed by atoms with Crippen LogP contribution >= 0.6 is 11.8 Å². The molecule has 1 saturated heterocycles. The van der Waals surface area contributed by atoms with Gasteiger partial charge >= 0.3 is 0 Å². The lowest BCUT2D eigenvalue weighted by atomic mass is 10.0. The summed E-state index contributed by atoms with van der Waals surface area (Å²) >= 11 is 1.98. The van der Waals surface area contributed by atoms with E-state index < -0.39 is 0 Å². The van der Waals surface area contributed by atoms with Crippen LogP contribution in [0.4, 0.5) is 0 Å². The highest BCUT2D eigenvalue weighted by Crippen LogP contribution is 2.23. The summed E-state index contributed by atoms with van der Waals surface area (Å²) in [6.45, 7) is 5.99. The van der Waals surface area contributed by atoms with Crippen LogP contribution in [-0.2, 0) is 4.79 Å². The lowest BCUT2D eigenvalue weighted by Gasteiger charge is -2.31. The zero-order chi connectivity index (χ0) is 15.1. The van der Waals surface area contributed by atoms with Gasteiger partial charge in [0, 0.05) is 6.04 Å². The summed E-state index contributed by atoms with van der Waals surface area (Å²) in [6, 6.07) is 10.3. The van der Waals surface area contributed by atoms with Gasteiger partial charge in [-0.15, -0.1) is 0 Å². The Morgan fingerprint density at radius 3 is 2.43 bits per heavy atom. The lowest BCUT2D eigenvalue weighted by Crippen LogP contribution is -2.45. The van der Waals surface area contributed by atoms with Crippen molar-refractivity contribution in [1.82, 2.24) is 10.2 Å². The second kappa shape index (κ2) is 8.44. The number of likely N-dealkylation sites (N-methyl/N-ethyl adjacent to an activating group) is 1. The minimum Gasteiger partial charge on any atom is -0.352 e. The normalized spacial score (nSPS) is 17.7. The Bertz CT molecular complexity index is 428. The van der Waals surface area contributed by atoms with Crippen molar-refractivity contribution in [2.75, 3.05) is 24.6 Å². The molecule has 1 N–H and O–H groups in total. The predicted molar refractivity (Wildman–Crippen MR) is 90.6 cm³/mol. The number of hydrogen-bond acceptors (Lipinski definition) is 3. The van der Waals surface area contributed by atoms with E-state index in [-0.39, 0.29) is 11.9 Å². The fourth-order valence-electron chi connectivity index (χ4n) is 2.87. The standard InChI is InChI=1S/C17H26N2OS/c1-3-19(4-2)16(14-8-6-5-7-9-14)17(20)18-15-10-12-21-13-11-15/h5-9,15-16H,3-4,10-13H2,1-2H3,(H,18,20)/t16-/m0/s1. The van der Waals surface area contributed by atoms with E-state index in [4.69, 9.17) is 0 Å². The molecule has 0 aliphatic carbocycles. The molecule has 0 saturated carbocycles. The van der Waals surface area contributed by atoms with E-state index in [1.807, 2.05) is 30.0 Å². The van der Waals surface area contributed by atoms with Gasteiger partial charge in [-0.1, -0.05) is 44.2 Å². The molecular weight excluding hydrogens is 280 g/mol. The third-order valence-corrected chi connectivity index (χ3v) is 5.16. The number of carbonyl (C=O) groups excluding carboxylic acids is 1. The van der Waals surface area contributed by atoms with Crippen molar-refractivity contribution < 1.29 is 4.79 Å². The molecule has 0 bridgehead atoms. The third kappa shape index (κ3) is 4.48. The van der Waals surface area contributed by atoms with E-state index in [0.29, 0.717) is 6.04 Å². The molecule has 0 unspecified atom stereocenters. The number of nitrogens with zero attached hydrogens (tertiary/aromatic N) is 1. The van der Waals surface area contributed by atoms with E-state index in [9.17, 15) is 4.79 Å². The summed E-state index contributed by atoms with van der Waals surface area (Å²) < 4.78 is 0. The Morgan fingerprint density at radius 2 is 1.86 bits per heavy atom. The van der Waals surface area contributed by atoms with Gasteiger partial charge in [0.05, 0.1) is 0 Å². The van der Waals surface area contributed by atoms with Crippen LogP contribution in [0.5, 0.6) is 0 Å². The van der Waals surface area contributed by atoms with Gasteiger partial charge in [-0.2, -0.15) is 11.8 Å². The minimum absolute atomic E-state index is 0.154. The van der Waals surface area contributed by atoms with E-state index in [1.165, 1.54) is 0 Å². The first-order valence-corrected chi connectivity index (χ1v) is 9.08. The van der Waals surface area contributed by atoms with Crippen LogP contribution in [0.25, 0.3) is 0 Å². The molecular formula is C17H26N2OS. The van der Waals surface area contributed by atoms with Gasteiger partial charge in [0.1, 0.15) is 6.04 Å². The zero-order valence-corrected chi connectivity index (χ0v) is 13.9. The Hall–Kier alpha value is -1.00. The van der Waals surface area contributed by atoms with Crippen molar-refractivity contribution in [3.63, 3.8) is 0 Å². The fourth-order valence-corrected chi connectivity index (χ4v) is 3.98. The van der Waals surface area contributed by atoms with Crippen molar-refractivity contribution in [3.05, 3.63) is 35.9 Å². The largest absolute Gasteiger partial charge is 0.352 e. The van der Waals surface area contributed by atoms with Crippen LogP contribution in [0.3, 0.4) is 0 Å². The molecule has 0 radical (unpaired) electrons. The number of rotatable bonds is 6. The molecule has 1 aliphatic heterocycles. The third-order valence-electron chi connectivity index (χ3n) is 4.11. The molecule has 3 nitrogen and oxygen atoms in total. The number of thioether (sulfide) groups is 1. The van der Waals surface area contributed by atoms with Crippen molar-refractivity contribution in [2.45, 2.75) is 38.8 Å². The first-order chi connectivity index (χ1) is 10.3. The fraction of sp³-hybridized carbons (Fsp3) is 0.588. The maximum Gasteiger partial charge on any atom is 0.242 e. The maximum atomic E-state index is 12.8. The molecule has 1 fully saturated rings. The van der Waals surface area contributed by atoms with E-state index >= 15 is 0 Å². The summed E-state index contributed by atoms with van der Waals surface area (Å²) in [5, 5.41) is 3.27. The highest BCUT2D eigenvalue weighted by atomic mass is 32.2. The van der Waals surface area contributed by atoms with Gasteiger partial charge in [0.25, 0.3) is 0 Å². The topological polar surface area (TPSA) is 32.3 Å². The first-order valence-electron chi connectivity index (χ1n) is 7.93. The molecule has 1 amide bonds. The molecule has 116 valence electrons. The van der Waals surface area contributed by atoms with Crippen molar-refractivity contribution in [1.29, 1.82) is 0 Å². The summed E-state index contributed by atoms with van der Waals surface area (Å²) in [4.78, 5) is 15.0. The molecule has 1 aromatic rings. The molecule has 1 atom stereocenters. The molecule has 4 heteroatoms. The highest BCUT2D eigenvalue weighted by Gasteiger charge is 2.27. The molecule has 0 spiro atoms. The van der Waals surface area contributed by atoms with Crippen LogP contribution in [-0.4, -0.2) is 41.4 Å². The summed E-state index contributed by atoms with van der Waals surface area (Å²) in [7, 11) is 0. The second-order valence-corrected chi connectivity index (χ2v) is 6.65. The highest BCUT2D eigenvalue weighted by molar-refractivity contribution is 7.99. The number of hydrogen-bond donors (Lipinski definition) is 1. The van der Waals surface area contributed by atoms with Crippen LogP contribution in [0.2, 0.25) is 0 Å². The predicted octanol–water partition coefficient (Wildman–Crippen LogP) is 3.08. The van der Waals surface area contributed by atoms with Crippen molar-refractivity contribution in [3.8, 4) is 0 Å². The maximum absolute atomic E-state index is 12.8. The van der Waals surface area contributed by atoms with Crippen LogP contribution < -0.4 is 5.32 Å². The van der Waals surface area contributed by atoms with Crippen LogP contribution in [0, 0.1) is 0 Å². The van der Waals surface area contributed by atoms with Crippen molar-refractivity contribution in [2.24, 2.45) is 0 Å². The van der Waals surface area contributed by atoms with Gasteiger partial charge in [-0.05, 0) is 43.0 Å². The molecule has 1 aliphatic rings. The van der Waals surface area contributed by atoms with E-state index in [2.05, 4.69) is 36.2 Å². The Balaban J connectivity index is 2.12. The van der Waals surface area contributed by atoms with Gasteiger partial charge in [0.2, 0.25) is 5.91 Å². The quantitative estimate of drug-likeness (QED) is 0.876. The van der Waals surface area contributed by atoms with E-state index in [1.54, 1.807) is 0 Å². The molecule has 1 heterocycles. The van der Waals surface area contributed by atoms with Gasteiger partial charge in [0.15, 0.2) is 0 Å². The number of nitrogens with one attached hydrogen (secondary N) is 1.